The molecule has 0 heterocycles. The van der Waals surface area contributed by atoms with Gasteiger partial charge >= 0.3 is 6.18 Å². The Morgan fingerprint density at radius 3 is 2.29 bits per heavy atom. The fraction of sp³-hybridized carbons (Fsp3) is 0.500. The van der Waals surface area contributed by atoms with Crippen molar-refractivity contribution in [3.8, 4) is 0 Å². The summed E-state index contributed by atoms with van der Waals surface area (Å²) >= 11 is 5.69. The maximum Gasteiger partial charge on any atom is 0.389 e. The normalized spacial score (nSPS) is 13.7. The van der Waals surface area contributed by atoms with Crippen molar-refractivity contribution in [2.75, 3.05) is 0 Å². The van der Waals surface area contributed by atoms with Gasteiger partial charge in [0.25, 0.3) is 0 Å². The Kier molecular flexibility index (Phi) is 5.28. The molecule has 0 aliphatic carbocycles. The van der Waals surface area contributed by atoms with E-state index in [1.807, 2.05) is 0 Å². The van der Waals surface area contributed by atoms with E-state index in [-0.39, 0.29) is 12.8 Å². The molecule has 0 aromatic heterocycles. The lowest BCUT2D eigenvalue weighted by Gasteiger charge is -2.11. The van der Waals surface area contributed by atoms with Crippen molar-refractivity contribution in [3.05, 3.63) is 34.9 Å². The first kappa shape index (κ1) is 14.3. The first-order valence-corrected chi connectivity index (χ1v) is 5.74. The van der Waals surface area contributed by atoms with Crippen LogP contribution >= 0.6 is 11.6 Å². The lowest BCUT2D eigenvalue weighted by Crippen LogP contribution is -2.13. The molecule has 96 valence electrons. The highest BCUT2D eigenvalue weighted by Crippen LogP contribution is 2.23. The molecule has 1 N–H and O–H groups in total. The van der Waals surface area contributed by atoms with E-state index in [1.165, 1.54) is 0 Å². The average molecular weight is 267 g/mol. The molecule has 0 saturated heterocycles. The van der Waals surface area contributed by atoms with Crippen LogP contribution in [0.1, 0.15) is 24.8 Å². The number of rotatable bonds is 5. The fourth-order valence-corrected chi connectivity index (χ4v) is 1.66. The van der Waals surface area contributed by atoms with Crippen LogP contribution in [-0.4, -0.2) is 17.4 Å². The molecule has 0 aliphatic heterocycles. The van der Waals surface area contributed by atoms with Gasteiger partial charge in [-0.3, -0.25) is 0 Å². The summed E-state index contributed by atoms with van der Waals surface area (Å²) in [5.74, 6) is 0. The van der Waals surface area contributed by atoms with Gasteiger partial charge in [0, 0.05) is 11.4 Å². The number of hydrogen-bond donors (Lipinski definition) is 1. The van der Waals surface area contributed by atoms with E-state index in [9.17, 15) is 18.3 Å². The van der Waals surface area contributed by atoms with Crippen molar-refractivity contribution in [2.45, 2.75) is 38.0 Å². The van der Waals surface area contributed by atoms with Gasteiger partial charge in [0.1, 0.15) is 0 Å². The molecule has 0 amide bonds. The Morgan fingerprint density at radius 2 is 1.76 bits per heavy atom. The molecule has 1 unspecified atom stereocenters. The topological polar surface area (TPSA) is 20.2 Å². The largest absolute Gasteiger partial charge is 0.393 e. The second-order valence-corrected chi connectivity index (χ2v) is 4.43. The molecule has 0 fully saturated rings. The molecule has 1 aromatic carbocycles. The molecule has 1 rings (SSSR count). The first-order valence-electron chi connectivity index (χ1n) is 5.36. The van der Waals surface area contributed by atoms with Crippen LogP contribution in [0.3, 0.4) is 0 Å². The van der Waals surface area contributed by atoms with Gasteiger partial charge in [0.15, 0.2) is 0 Å². The zero-order valence-electron chi connectivity index (χ0n) is 9.17. The number of aliphatic hydroxyl groups excluding tert-OH is 1. The van der Waals surface area contributed by atoms with E-state index in [2.05, 4.69) is 0 Å². The summed E-state index contributed by atoms with van der Waals surface area (Å²) in [6.45, 7) is 0. The number of hydrogen-bond acceptors (Lipinski definition) is 1. The van der Waals surface area contributed by atoms with Gasteiger partial charge in [0.2, 0.25) is 0 Å². The minimum absolute atomic E-state index is 0.0434. The van der Waals surface area contributed by atoms with Crippen molar-refractivity contribution in [3.63, 3.8) is 0 Å². The Labute approximate surface area is 103 Å². The molecule has 0 saturated carbocycles. The van der Waals surface area contributed by atoms with E-state index in [0.717, 1.165) is 5.56 Å². The standard InChI is InChI=1S/C12H14ClF3O/c13-10-5-3-9(4-6-10)8-11(17)2-1-7-12(14,15)16/h3-6,11,17H,1-2,7-8H2. The first-order chi connectivity index (χ1) is 7.87. The summed E-state index contributed by atoms with van der Waals surface area (Å²) in [4.78, 5) is 0. The van der Waals surface area contributed by atoms with Crippen molar-refractivity contribution < 1.29 is 18.3 Å². The van der Waals surface area contributed by atoms with Crippen LogP contribution in [-0.2, 0) is 6.42 Å². The number of halogens is 4. The van der Waals surface area contributed by atoms with Gasteiger partial charge in [-0.25, -0.2) is 0 Å². The maximum absolute atomic E-state index is 11.9. The number of aliphatic hydroxyl groups is 1. The predicted octanol–water partition coefficient (Wildman–Crippen LogP) is 3.98. The summed E-state index contributed by atoms with van der Waals surface area (Å²) in [6.07, 6.45) is -5.25. The average Bonchev–Trinajstić information content (AvgIpc) is 2.19. The highest BCUT2D eigenvalue weighted by atomic mass is 35.5. The molecule has 1 nitrogen and oxygen atoms in total. The van der Waals surface area contributed by atoms with Gasteiger partial charge in [0.05, 0.1) is 6.10 Å². The SMILES string of the molecule is OC(CCCC(F)(F)F)Cc1ccc(Cl)cc1. The van der Waals surface area contributed by atoms with Gasteiger partial charge in [-0.15, -0.1) is 0 Å². The van der Waals surface area contributed by atoms with Crippen LogP contribution in [0.5, 0.6) is 0 Å². The quantitative estimate of drug-likeness (QED) is 0.855. The fourth-order valence-electron chi connectivity index (χ4n) is 1.53. The Bertz CT molecular complexity index is 335. The van der Waals surface area contributed by atoms with Crippen molar-refractivity contribution in [1.82, 2.24) is 0 Å². The third kappa shape index (κ3) is 6.54. The molecule has 1 atom stereocenters. The Morgan fingerprint density at radius 1 is 1.18 bits per heavy atom. The molecule has 17 heavy (non-hydrogen) atoms. The van der Waals surface area contributed by atoms with Crippen molar-refractivity contribution >= 4 is 11.6 Å². The van der Waals surface area contributed by atoms with E-state index in [1.54, 1.807) is 24.3 Å². The zero-order valence-corrected chi connectivity index (χ0v) is 9.93. The van der Waals surface area contributed by atoms with Crippen LogP contribution in [0.25, 0.3) is 0 Å². The van der Waals surface area contributed by atoms with Gasteiger partial charge < -0.3 is 5.11 Å². The van der Waals surface area contributed by atoms with Gasteiger partial charge in [-0.05, 0) is 37.0 Å². The molecular weight excluding hydrogens is 253 g/mol. The lowest BCUT2D eigenvalue weighted by atomic mass is 10.0. The van der Waals surface area contributed by atoms with Gasteiger partial charge in [-0.1, -0.05) is 23.7 Å². The number of alkyl halides is 3. The zero-order chi connectivity index (χ0) is 12.9. The van der Waals surface area contributed by atoms with E-state index >= 15 is 0 Å². The van der Waals surface area contributed by atoms with Crippen LogP contribution in [0.2, 0.25) is 5.02 Å². The molecule has 5 heteroatoms. The molecule has 0 bridgehead atoms. The van der Waals surface area contributed by atoms with Crippen LogP contribution < -0.4 is 0 Å². The highest BCUT2D eigenvalue weighted by molar-refractivity contribution is 6.30. The third-order valence-electron chi connectivity index (χ3n) is 2.38. The summed E-state index contributed by atoms with van der Waals surface area (Å²) in [6, 6.07) is 6.91. The smallest absolute Gasteiger partial charge is 0.389 e. The monoisotopic (exact) mass is 266 g/mol. The summed E-state index contributed by atoms with van der Waals surface area (Å²) in [5.41, 5.74) is 0.869. The summed E-state index contributed by atoms with van der Waals surface area (Å²) in [7, 11) is 0. The molecule has 0 aliphatic rings. The van der Waals surface area contributed by atoms with E-state index in [4.69, 9.17) is 11.6 Å². The molecule has 0 radical (unpaired) electrons. The van der Waals surface area contributed by atoms with Crippen LogP contribution in [0.4, 0.5) is 13.2 Å². The second-order valence-electron chi connectivity index (χ2n) is 3.99. The van der Waals surface area contributed by atoms with Gasteiger partial charge in [-0.2, -0.15) is 13.2 Å². The van der Waals surface area contributed by atoms with E-state index < -0.39 is 18.7 Å². The summed E-state index contributed by atoms with van der Waals surface area (Å²) < 4.78 is 35.6. The van der Waals surface area contributed by atoms with Crippen LogP contribution in [0.15, 0.2) is 24.3 Å². The lowest BCUT2D eigenvalue weighted by molar-refractivity contribution is -0.136. The molecule has 0 spiro atoms. The summed E-state index contributed by atoms with van der Waals surface area (Å²) in [5, 5.41) is 10.2. The minimum Gasteiger partial charge on any atom is -0.393 e. The highest BCUT2D eigenvalue weighted by Gasteiger charge is 2.26. The molecular formula is C12H14ClF3O. The Balaban J connectivity index is 2.30. The maximum atomic E-state index is 11.9. The van der Waals surface area contributed by atoms with E-state index in [0.29, 0.717) is 11.4 Å². The second kappa shape index (κ2) is 6.26. The third-order valence-corrected chi connectivity index (χ3v) is 2.63. The van der Waals surface area contributed by atoms with Crippen molar-refractivity contribution in [2.24, 2.45) is 0 Å². The number of benzene rings is 1. The Hall–Kier alpha value is -0.740. The van der Waals surface area contributed by atoms with Crippen molar-refractivity contribution in [1.29, 1.82) is 0 Å². The molecule has 1 aromatic rings. The predicted molar refractivity (Wildman–Crippen MR) is 61.1 cm³/mol. The van der Waals surface area contributed by atoms with Crippen LogP contribution in [0, 0.1) is 0 Å². The minimum atomic E-state index is -4.14.